The van der Waals surface area contributed by atoms with Crippen LogP contribution in [0.3, 0.4) is 0 Å². The summed E-state index contributed by atoms with van der Waals surface area (Å²) in [6.45, 7) is 2.93. The van der Waals surface area contributed by atoms with E-state index in [1.165, 1.54) is 13.4 Å². The van der Waals surface area contributed by atoms with Crippen LogP contribution in [0.4, 0.5) is 0 Å². The van der Waals surface area contributed by atoms with Gasteiger partial charge in [-0.3, -0.25) is 0 Å². The molecule has 0 saturated carbocycles. The van der Waals surface area contributed by atoms with Crippen LogP contribution < -0.4 is 5.32 Å². The Morgan fingerprint density at radius 3 is 3.05 bits per heavy atom. The van der Waals surface area contributed by atoms with Crippen LogP contribution in [-0.2, 0) is 17.7 Å². The molecular formula is C12H15N3O4. The molecule has 7 nitrogen and oxygen atoms in total. The van der Waals surface area contributed by atoms with Crippen molar-refractivity contribution in [1.29, 1.82) is 0 Å². The molecule has 7 heteroatoms. The smallest absolute Gasteiger partial charge is 0.341 e. The Kier molecular flexibility index (Phi) is 4.30. The summed E-state index contributed by atoms with van der Waals surface area (Å²) in [4.78, 5) is 15.3. The lowest BCUT2D eigenvalue weighted by molar-refractivity contribution is 0.0599. The van der Waals surface area contributed by atoms with Crippen molar-refractivity contribution in [3.63, 3.8) is 0 Å². The zero-order chi connectivity index (χ0) is 13.7. The van der Waals surface area contributed by atoms with Crippen LogP contribution in [0.2, 0.25) is 0 Å². The molecule has 2 aromatic heterocycles. The van der Waals surface area contributed by atoms with Crippen molar-refractivity contribution in [1.82, 2.24) is 15.5 Å². The molecule has 0 radical (unpaired) electrons. The van der Waals surface area contributed by atoms with E-state index in [9.17, 15) is 4.79 Å². The number of carbonyl (C=O) groups is 1. The average molecular weight is 265 g/mol. The second kappa shape index (κ2) is 6.14. The van der Waals surface area contributed by atoms with Gasteiger partial charge in [0, 0.05) is 13.0 Å². The molecule has 0 saturated heterocycles. The van der Waals surface area contributed by atoms with Gasteiger partial charge in [-0.1, -0.05) is 5.16 Å². The van der Waals surface area contributed by atoms with Gasteiger partial charge in [-0.15, -0.1) is 0 Å². The molecule has 0 unspecified atom stereocenters. The van der Waals surface area contributed by atoms with Crippen LogP contribution >= 0.6 is 0 Å². The van der Waals surface area contributed by atoms with E-state index in [-0.39, 0.29) is 0 Å². The fourth-order valence-corrected chi connectivity index (χ4v) is 1.66. The van der Waals surface area contributed by atoms with Gasteiger partial charge in [0.25, 0.3) is 0 Å². The molecule has 0 aliphatic rings. The first-order valence-electron chi connectivity index (χ1n) is 5.84. The summed E-state index contributed by atoms with van der Waals surface area (Å²) in [5.74, 6) is 1.43. The Morgan fingerprint density at radius 1 is 1.53 bits per heavy atom. The standard InChI is InChI=1S/C12H15N3O4/c1-8-10(12(16)17-2)5-9(18-8)6-13-4-3-11-14-7-15-19-11/h5,7,13H,3-4,6H2,1-2H3. The number of furan rings is 1. The maximum Gasteiger partial charge on any atom is 0.341 e. The largest absolute Gasteiger partial charge is 0.465 e. The van der Waals surface area contributed by atoms with Crippen LogP contribution in [0, 0.1) is 6.92 Å². The lowest BCUT2D eigenvalue weighted by Gasteiger charge is -1.99. The van der Waals surface area contributed by atoms with Gasteiger partial charge in [0.05, 0.1) is 13.7 Å². The van der Waals surface area contributed by atoms with Crippen LogP contribution in [0.25, 0.3) is 0 Å². The van der Waals surface area contributed by atoms with Crippen molar-refractivity contribution in [2.24, 2.45) is 0 Å². The van der Waals surface area contributed by atoms with Crippen molar-refractivity contribution < 1.29 is 18.5 Å². The van der Waals surface area contributed by atoms with Crippen molar-refractivity contribution in [2.75, 3.05) is 13.7 Å². The van der Waals surface area contributed by atoms with Gasteiger partial charge in [-0.25, -0.2) is 4.79 Å². The molecule has 2 heterocycles. The van der Waals surface area contributed by atoms with Crippen LogP contribution in [0.1, 0.15) is 27.8 Å². The number of nitrogens with one attached hydrogen (secondary N) is 1. The highest BCUT2D eigenvalue weighted by Gasteiger charge is 2.14. The van der Waals surface area contributed by atoms with E-state index in [0.717, 1.165) is 0 Å². The number of hydrogen-bond donors (Lipinski definition) is 1. The van der Waals surface area contributed by atoms with Gasteiger partial charge in [-0.05, 0) is 13.0 Å². The maximum absolute atomic E-state index is 11.4. The van der Waals surface area contributed by atoms with E-state index in [1.54, 1.807) is 13.0 Å². The first-order valence-corrected chi connectivity index (χ1v) is 5.84. The third kappa shape index (κ3) is 3.41. The van der Waals surface area contributed by atoms with Crippen molar-refractivity contribution >= 4 is 5.97 Å². The number of ether oxygens (including phenoxy) is 1. The van der Waals surface area contributed by atoms with Crippen LogP contribution in [0.15, 0.2) is 21.3 Å². The average Bonchev–Trinajstić information content (AvgIpc) is 3.03. The monoisotopic (exact) mass is 265 g/mol. The minimum Gasteiger partial charge on any atom is -0.465 e. The SMILES string of the molecule is COC(=O)c1cc(CNCCc2ncno2)oc1C. The number of nitrogens with zero attached hydrogens (tertiary/aromatic N) is 2. The van der Waals surface area contributed by atoms with E-state index in [2.05, 4.69) is 20.2 Å². The van der Waals surface area contributed by atoms with E-state index < -0.39 is 5.97 Å². The summed E-state index contributed by atoms with van der Waals surface area (Å²) in [6, 6.07) is 1.68. The van der Waals surface area contributed by atoms with Gasteiger partial charge in [0.15, 0.2) is 6.33 Å². The van der Waals surface area contributed by atoms with Gasteiger partial charge in [0.2, 0.25) is 5.89 Å². The zero-order valence-electron chi connectivity index (χ0n) is 10.8. The molecular weight excluding hydrogens is 250 g/mol. The van der Waals surface area contributed by atoms with E-state index >= 15 is 0 Å². The Morgan fingerprint density at radius 2 is 2.37 bits per heavy atom. The highest BCUT2D eigenvalue weighted by Crippen LogP contribution is 2.15. The molecule has 2 aromatic rings. The number of methoxy groups -OCH3 is 1. The van der Waals surface area contributed by atoms with Crippen LogP contribution in [-0.4, -0.2) is 29.8 Å². The Labute approximate surface area is 109 Å². The lowest BCUT2D eigenvalue weighted by Crippen LogP contribution is -2.16. The number of esters is 1. The summed E-state index contributed by atoms with van der Waals surface area (Å²) >= 11 is 0. The van der Waals surface area contributed by atoms with Gasteiger partial charge < -0.3 is 19.0 Å². The predicted octanol–water partition coefficient (Wildman–Crippen LogP) is 1.09. The molecule has 0 atom stereocenters. The third-order valence-electron chi connectivity index (χ3n) is 2.60. The van der Waals surface area contributed by atoms with E-state index in [1.807, 2.05) is 0 Å². The molecule has 19 heavy (non-hydrogen) atoms. The molecule has 0 bridgehead atoms. The maximum atomic E-state index is 11.4. The molecule has 0 aliphatic heterocycles. The lowest BCUT2D eigenvalue weighted by atomic mass is 10.2. The topological polar surface area (TPSA) is 90.4 Å². The number of rotatable bonds is 6. The van der Waals surface area contributed by atoms with Crippen molar-refractivity contribution in [3.8, 4) is 0 Å². The zero-order valence-corrected chi connectivity index (χ0v) is 10.8. The van der Waals surface area contributed by atoms with Gasteiger partial charge in [-0.2, -0.15) is 4.98 Å². The summed E-state index contributed by atoms with van der Waals surface area (Å²) in [7, 11) is 1.34. The summed E-state index contributed by atoms with van der Waals surface area (Å²) in [6.07, 6.45) is 2.01. The third-order valence-corrected chi connectivity index (χ3v) is 2.60. The van der Waals surface area contributed by atoms with E-state index in [4.69, 9.17) is 8.94 Å². The quantitative estimate of drug-likeness (QED) is 0.617. The molecule has 0 aromatic carbocycles. The fraction of sp³-hybridized carbons (Fsp3) is 0.417. The molecule has 2 rings (SSSR count). The molecule has 0 amide bonds. The van der Waals surface area contributed by atoms with Crippen LogP contribution in [0.5, 0.6) is 0 Å². The minimum atomic E-state index is -0.390. The first kappa shape index (κ1) is 13.3. The Balaban J connectivity index is 1.81. The molecule has 0 aliphatic carbocycles. The summed E-state index contributed by atoms with van der Waals surface area (Å²) in [5.41, 5.74) is 0.455. The second-order valence-electron chi connectivity index (χ2n) is 3.94. The number of carbonyl (C=O) groups excluding carboxylic acids is 1. The summed E-state index contributed by atoms with van der Waals surface area (Å²) < 4.78 is 15.0. The normalized spacial score (nSPS) is 10.6. The number of aryl methyl sites for hydroxylation is 1. The molecule has 102 valence electrons. The van der Waals surface area contributed by atoms with Crippen molar-refractivity contribution in [3.05, 3.63) is 35.4 Å². The van der Waals surface area contributed by atoms with Gasteiger partial charge >= 0.3 is 5.97 Å². The molecule has 1 N–H and O–H groups in total. The summed E-state index contributed by atoms with van der Waals surface area (Å²) in [5, 5.41) is 6.68. The molecule has 0 spiro atoms. The second-order valence-corrected chi connectivity index (χ2v) is 3.94. The first-order chi connectivity index (χ1) is 9.20. The van der Waals surface area contributed by atoms with E-state index in [0.29, 0.717) is 42.5 Å². The minimum absolute atomic E-state index is 0.390. The highest BCUT2D eigenvalue weighted by molar-refractivity contribution is 5.90. The number of hydrogen-bond acceptors (Lipinski definition) is 7. The molecule has 0 fully saturated rings. The van der Waals surface area contributed by atoms with Gasteiger partial charge in [0.1, 0.15) is 17.1 Å². The Bertz CT molecular complexity index is 533. The number of aromatic nitrogens is 2. The van der Waals surface area contributed by atoms with Crippen molar-refractivity contribution in [2.45, 2.75) is 19.9 Å². The highest BCUT2D eigenvalue weighted by atomic mass is 16.5. The predicted molar refractivity (Wildman–Crippen MR) is 64.5 cm³/mol. The Hall–Kier alpha value is -2.15. The fourth-order valence-electron chi connectivity index (χ4n) is 1.66.